The largest absolute Gasteiger partial charge is 0.301 e. The van der Waals surface area contributed by atoms with E-state index in [0.29, 0.717) is 0 Å². The smallest absolute Gasteiger partial charge is 0.0110 e. The number of nitrogens with zero attached hydrogens (tertiary/aromatic N) is 2. The van der Waals surface area contributed by atoms with Gasteiger partial charge in [-0.1, -0.05) is 13.3 Å². The summed E-state index contributed by atoms with van der Waals surface area (Å²) in [4.78, 5) is 5.09. The maximum Gasteiger partial charge on any atom is 0.0110 e. The number of unbranched alkanes of at least 4 members (excludes halogenated alkanes) is 1. The fourth-order valence-electron chi connectivity index (χ4n) is 1.76. The Morgan fingerprint density at radius 2 is 1.54 bits per heavy atom. The molecule has 1 saturated heterocycles. The van der Waals surface area contributed by atoms with Crippen molar-refractivity contribution in [3.05, 3.63) is 0 Å². The third-order valence-corrected chi connectivity index (χ3v) is 2.91. The number of piperazine rings is 1. The van der Waals surface area contributed by atoms with Gasteiger partial charge in [0.05, 0.1) is 0 Å². The SMILES string of the molecule is CCCCN1CCN(CCS)CC1. The van der Waals surface area contributed by atoms with Gasteiger partial charge in [-0.15, -0.1) is 0 Å². The minimum Gasteiger partial charge on any atom is -0.301 e. The van der Waals surface area contributed by atoms with Gasteiger partial charge < -0.3 is 4.90 Å². The van der Waals surface area contributed by atoms with Crippen molar-refractivity contribution in [3.8, 4) is 0 Å². The van der Waals surface area contributed by atoms with E-state index in [1.54, 1.807) is 0 Å². The van der Waals surface area contributed by atoms with E-state index in [9.17, 15) is 0 Å². The minimum absolute atomic E-state index is 0.995. The lowest BCUT2D eigenvalue weighted by Crippen LogP contribution is -2.47. The average molecular weight is 202 g/mol. The van der Waals surface area contributed by atoms with Crippen molar-refractivity contribution < 1.29 is 0 Å². The van der Waals surface area contributed by atoms with Gasteiger partial charge >= 0.3 is 0 Å². The fraction of sp³-hybridized carbons (Fsp3) is 1.00. The van der Waals surface area contributed by atoms with E-state index in [0.717, 1.165) is 12.3 Å². The first-order valence-corrected chi connectivity index (χ1v) is 6.05. The molecule has 13 heavy (non-hydrogen) atoms. The lowest BCUT2D eigenvalue weighted by Gasteiger charge is -2.34. The predicted molar refractivity (Wildman–Crippen MR) is 61.6 cm³/mol. The lowest BCUT2D eigenvalue weighted by atomic mass is 10.2. The van der Waals surface area contributed by atoms with Gasteiger partial charge in [-0.05, 0) is 13.0 Å². The van der Waals surface area contributed by atoms with Crippen molar-refractivity contribution in [1.82, 2.24) is 9.80 Å². The molecule has 0 aromatic carbocycles. The number of rotatable bonds is 5. The number of hydrogen-bond donors (Lipinski definition) is 1. The predicted octanol–water partition coefficient (Wildman–Crippen LogP) is 1.33. The maximum absolute atomic E-state index is 4.25. The highest BCUT2D eigenvalue weighted by atomic mass is 32.1. The van der Waals surface area contributed by atoms with Crippen LogP contribution < -0.4 is 0 Å². The normalized spacial score (nSPS) is 20.8. The highest BCUT2D eigenvalue weighted by Crippen LogP contribution is 2.03. The Kier molecular flexibility index (Phi) is 5.83. The molecule has 0 aromatic heterocycles. The van der Waals surface area contributed by atoms with Gasteiger partial charge in [0.2, 0.25) is 0 Å². The molecule has 1 aliphatic heterocycles. The van der Waals surface area contributed by atoms with Gasteiger partial charge in [0.25, 0.3) is 0 Å². The van der Waals surface area contributed by atoms with E-state index in [1.165, 1.54) is 45.6 Å². The van der Waals surface area contributed by atoms with Crippen molar-refractivity contribution in [1.29, 1.82) is 0 Å². The molecule has 1 fully saturated rings. The van der Waals surface area contributed by atoms with Crippen LogP contribution in [0.1, 0.15) is 19.8 Å². The molecule has 2 nitrogen and oxygen atoms in total. The summed E-state index contributed by atoms with van der Waals surface area (Å²) >= 11 is 4.25. The summed E-state index contributed by atoms with van der Waals surface area (Å²) in [5.41, 5.74) is 0. The fourth-order valence-corrected chi connectivity index (χ4v) is 2.04. The molecule has 0 saturated carbocycles. The molecule has 0 spiro atoms. The first-order chi connectivity index (χ1) is 6.36. The standard InChI is InChI=1S/C10H22N2S/c1-2-3-4-11-5-7-12(8-6-11)9-10-13/h13H,2-10H2,1H3. The van der Waals surface area contributed by atoms with Crippen LogP contribution in [0.2, 0.25) is 0 Å². The summed E-state index contributed by atoms with van der Waals surface area (Å²) in [7, 11) is 0. The van der Waals surface area contributed by atoms with Gasteiger partial charge in [0.1, 0.15) is 0 Å². The second kappa shape index (κ2) is 6.68. The third kappa shape index (κ3) is 4.34. The van der Waals surface area contributed by atoms with Gasteiger partial charge in [0, 0.05) is 38.5 Å². The Morgan fingerprint density at radius 3 is 2.00 bits per heavy atom. The molecule has 1 heterocycles. The Morgan fingerprint density at radius 1 is 1.00 bits per heavy atom. The molecule has 78 valence electrons. The van der Waals surface area contributed by atoms with Gasteiger partial charge in [-0.25, -0.2) is 0 Å². The van der Waals surface area contributed by atoms with E-state index in [2.05, 4.69) is 29.4 Å². The van der Waals surface area contributed by atoms with Crippen LogP contribution in [-0.2, 0) is 0 Å². The molecule has 0 unspecified atom stereocenters. The summed E-state index contributed by atoms with van der Waals surface area (Å²) in [6.07, 6.45) is 2.67. The summed E-state index contributed by atoms with van der Waals surface area (Å²) in [5.74, 6) is 0.995. The first-order valence-electron chi connectivity index (χ1n) is 5.42. The molecule has 0 bridgehead atoms. The summed E-state index contributed by atoms with van der Waals surface area (Å²) in [6.45, 7) is 9.71. The van der Waals surface area contributed by atoms with Crippen molar-refractivity contribution in [2.75, 3.05) is 45.0 Å². The van der Waals surface area contributed by atoms with E-state index in [4.69, 9.17) is 0 Å². The first kappa shape index (κ1) is 11.3. The number of thiol groups is 1. The van der Waals surface area contributed by atoms with Crippen LogP contribution in [0, 0.1) is 0 Å². The monoisotopic (exact) mass is 202 g/mol. The number of hydrogen-bond acceptors (Lipinski definition) is 3. The van der Waals surface area contributed by atoms with Crippen molar-refractivity contribution >= 4 is 12.6 Å². The third-order valence-electron chi connectivity index (χ3n) is 2.71. The zero-order chi connectivity index (χ0) is 9.52. The molecule has 1 aliphatic rings. The molecule has 0 N–H and O–H groups in total. The quantitative estimate of drug-likeness (QED) is 0.672. The van der Waals surface area contributed by atoms with E-state index >= 15 is 0 Å². The Labute approximate surface area is 87.7 Å². The highest BCUT2D eigenvalue weighted by molar-refractivity contribution is 7.80. The molecular formula is C10H22N2S. The zero-order valence-corrected chi connectivity index (χ0v) is 9.60. The Hall–Kier alpha value is 0.270. The average Bonchev–Trinajstić information content (AvgIpc) is 2.17. The maximum atomic E-state index is 4.25. The molecule has 0 atom stereocenters. The summed E-state index contributed by atoms with van der Waals surface area (Å²) in [6, 6.07) is 0. The summed E-state index contributed by atoms with van der Waals surface area (Å²) < 4.78 is 0. The van der Waals surface area contributed by atoms with Crippen LogP contribution in [0.15, 0.2) is 0 Å². The van der Waals surface area contributed by atoms with Crippen LogP contribution in [0.4, 0.5) is 0 Å². The van der Waals surface area contributed by atoms with Gasteiger partial charge in [0.15, 0.2) is 0 Å². The van der Waals surface area contributed by atoms with Gasteiger partial charge in [-0.2, -0.15) is 12.6 Å². The summed E-state index contributed by atoms with van der Waals surface area (Å²) in [5, 5.41) is 0. The van der Waals surface area contributed by atoms with E-state index in [1.807, 2.05) is 0 Å². The van der Waals surface area contributed by atoms with Crippen molar-refractivity contribution in [2.24, 2.45) is 0 Å². The Balaban J connectivity index is 2.08. The second-order valence-electron chi connectivity index (χ2n) is 3.76. The lowest BCUT2D eigenvalue weighted by molar-refractivity contribution is 0.137. The van der Waals surface area contributed by atoms with E-state index in [-0.39, 0.29) is 0 Å². The molecule has 3 heteroatoms. The molecular weight excluding hydrogens is 180 g/mol. The topological polar surface area (TPSA) is 6.48 Å². The van der Waals surface area contributed by atoms with E-state index < -0.39 is 0 Å². The van der Waals surface area contributed by atoms with Gasteiger partial charge in [-0.3, -0.25) is 4.90 Å². The minimum atomic E-state index is 0.995. The van der Waals surface area contributed by atoms with Crippen LogP contribution in [0.3, 0.4) is 0 Å². The van der Waals surface area contributed by atoms with Crippen LogP contribution in [0.5, 0.6) is 0 Å². The molecule has 1 rings (SSSR count). The Bertz CT molecular complexity index is 122. The molecule has 0 radical (unpaired) electrons. The highest BCUT2D eigenvalue weighted by Gasteiger charge is 2.14. The van der Waals surface area contributed by atoms with Crippen molar-refractivity contribution in [2.45, 2.75) is 19.8 Å². The molecule has 0 aromatic rings. The van der Waals surface area contributed by atoms with Crippen molar-refractivity contribution in [3.63, 3.8) is 0 Å². The second-order valence-corrected chi connectivity index (χ2v) is 4.21. The zero-order valence-electron chi connectivity index (χ0n) is 8.71. The van der Waals surface area contributed by atoms with Crippen LogP contribution in [0.25, 0.3) is 0 Å². The molecule has 0 aliphatic carbocycles. The van der Waals surface area contributed by atoms with Crippen LogP contribution >= 0.6 is 12.6 Å². The molecule has 0 amide bonds. The van der Waals surface area contributed by atoms with Crippen LogP contribution in [-0.4, -0.2) is 54.8 Å².